The predicted octanol–water partition coefficient (Wildman–Crippen LogP) is 1.49. The smallest absolute Gasteiger partial charge is 0.212 e. The monoisotopic (exact) mass is 195 g/mol. The van der Waals surface area contributed by atoms with Crippen molar-refractivity contribution in [3.8, 4) is 6.07 Å². The van der Waals surface area contributed by atoms with Gasteiger partial charge in [-0.2, -0.15) is 5.26 Å². The maximum atomic E-state index is 10.6. The van der Waals surface area contributed by atoms with E-state index < -0.39 is 14.5 Å². The highest BCUT2D eigenvalue weighted by Crippen LogP contribution is 2.23. The molecular formula is C6H10ClNO2S. The second kappa shape index (κ2) is 3.42. The van der Waals surface area contributed by atoms with E-state index in [0.29, 0.717) is 0 Å². The number of nitriles is 1. The average Bonchev–Trinajstić information content (AvgIpc) is 1.55. The summed E-state index contributed by atoms with van der Waals surface area (Å²) in [5.41, 5.74) is -0.546. The molecule has 0 fully saturated rings. The molecule has 0 aliphatic rings. The second-order valence-electron chi connectivity index (χ2n) is 3.18. The van der Waals surface area contributed by atoms with Gasteiger partial charge in [0, 0.05) is 17.1 Å². The first-order valence-electron chi connectivity index (χ1n) is 3.06. The van der Waals surface area contributed by atoms with Crippen molar-refractivity contribution in [1.82, 2.24) is 0 Å². The highest BCUT2D eigenvalue weighted by molar-refractivity contribution is 8.13. The molecule has 0 heterocycles. The largest absolute Gasteiger partial charge is 0.233 e. The zero-order chi connectivity index (χ0) is 9.12. The quantitative estimate of drug-likeness (QED) is 0.642. The van der Waals surface area contributed by atoms with Crippen LogP contribution in [-0.4, -0.2) is 14.2 Å². The zero-order valence-corrected chi connectivity index (χ0v) is 8.04. The summed E-state index contributed by atoms with van der Waals surface area (Å²) >= 11 is 0. The van der Waals surface area contributed by atoms with Gasteiger partial charge in [0.15, 0.2) is 0 Å². The van der Waals surface area contributed by atoms with Crippen molar-refractivity contribution in [2.75, 3.05) is 5.75 Å². The van der Waals surface area contributed by atoms with E-state index in [2.05, 4.69) is 0 Å². The van der Waals surface area contributed by atoms with Crippen molar-refractivity contribution in [3.05, 3.63) is 0 Å². The molecule has 0 rings (SSSR count). The van der Waals surface area contributed by atoms with Crippen LogP contribution in [-0.2, 0) is 9.05 Å². The van der Waals surface area contributed by atoms with Crippen LogP contribution in [0.2, 0.25) is 0 Å². The lowest BCUT2D eigenvalue weighted by molar-refractivity contribution is 0.425. The third-order valence-corrected chi connectivity index (χ3v) is 2.57. The highest BCUT2D eigenvalue weighted by atomic mass is 35.7. The fourth-order valence-corrected chi connectivity index (χ4v) is 2.65. The summed E-state index contributed by atoms with van der Waals surface area (Å²) < 4.78 is 21.2. The molecule has 0 radical (unpaired) electrons. The van der Waals surface area contributed by atoms with Gasteiger partial charge in [-0.1, -0.05) is 13.8 Å². The summed E-state index contributed by atoms with van der Waals surface area (Å²) in [5, 5.41) is 8.31. The van der Waals surface area contributed by atoms with E-state index in [9.17, 15) is 8.42 Å². The topological polar surface area (TPSA) is 57.9 Å². The fourth-order valence-electron chi connectivity index (χ4n) is 0.732. The molecule has 0 unspecified atom stereocenters. The van der Waals surface area contributed by atoms with E-state index in [1.165, 1.54) is 0 Å². The van der Waals surface area contributed by atoms with Gasteiger partial charge in [0.2, 0.25) is 9.05 Å². The predicted molar refractivity (Wildman–Crippen MR) is 43.7 cm³/mol. The number of hydrogen-bond donors (Lipinski definition) is 0. The van der Waals surface area contributed by atoms with Crippen molar-refractivity contribution < 1.29 is 8.42 Å². The van der Waals surface area contributed by atoms with Crippen LogP contribution in [0.5, 0.6) is 0 Å². The van der Waals surface area contributed by atoms with Crippen molar-refractivity contribution in [1.29, 1.82) is 5.26 Å². The number of nitrogens with zero attached hydrogens (tertiary/aromatic N) is 1. The Kier molecular flexibility index (Phi) is 3.33. The van der Waals surface area contributed by atoms with Crippen LogP contribution in [0.4, 0.5) is 0 Å². The SMILES string of the molecule is CC(C)(CC#N)CS(=O)(=O)Cl. The van der Waals surface area contributed by atoms with Gasteiger partial charge >= 0.3 is 0 Å². The van der Waals surface area contributed by atoms with Gasteiger partial charge in [-0.25, -0.2) is 8.42 Å². The van der Waals surface area contributed by atoms with Gasteiger partial charge in [0.25, 0.3) is 0 Å². The second-order valence-corrected chi connectivity index (χ2v) is 5.96. The van der Waals surface area contributed by atoms with E-state index in [-0.39, 0.29) is 12.2 Å². The molecule has 0 atom stereocenters. The highest BCUT2D eigenvalue weighted by Gasteiger charge is 2.24. The molecule has 0 aromatic carbocycles. The van der Waals surface area contributed by atoms with Crippen molar-refractivity contribution >= 4 is 19.7 Å². The van der Waals surface area contributed by atoms with Crippen LogP contribution in [0.3, 0.4) is 0 Å². The Morgan fingerprint density at radius 1 is 1.55 bits per heavy atom. The molecule has 0 saturated carbocycles. The fraction of sp³-hybridized carbons (Fsp3) is 0.833. The maximum Gasteiger partial charge on any atom is 0.233 e. The van der Waals surface area contributed by atoms with E-state index >= 15 is 0 Å². The standard InChI is InChI=1S/C6H10ClNO2S/c1-6(2,3-4-8)5-11(7,9)10/h3,5H2,1-2H3. The number of hydrogen-bond acceptors (Lipinski definition) is 3. The van der Waals surface area contributed by atoms with Crippen LogP contribution < -0.4 is 0 Å². The maximum absolute atomic E-state index is 10.6. The molecule has 0 aliphatic heterocycles. The Morgan fingerprint density at radius 3 is 2.27 bits per heavy atom. The molecule has 0 aromatic heterocycles. The molecule has 0 amide bonds. The van der Waals surface area contributed by atoms with Crippen LogP contribution >= 0.6 is 10.7 Å². The van der Waals surface area contributed by atoms with Gasteiger partial charge in [-0.15, -0.1) is 0 Å². The molecule has 64 valence electrons. The van der Waals surface area contributed by atoms with Crippen molar-refractivity contribution in [2.45, 2.75) is 20.3 Å². The normalized spacial score (nSPS) is 12.5. The Morgan fingerprint density at radius 2 is 2.00 bits per heavy atom. The first-order valence-corrected chi connectivity index (χ1v) is 5.54. The van der Waals surface area contributed by atoms with Gasteiger partial charge in [-0.3, -0.25) is 0 Å². The van der Waals surface area contributed by atoms with E-state index in [1.54, 1.807) is 13.8 Å². The minimum absolute atomic E-state index is 0.158. The average molecular weight is 196 g/mol. The first-order chi connectivity index (χ1) is 4.77. The van der Waals surface area contributed by atoms with Crippen LogP contribution in [0.25, 0.3) is 0 Å². The Bertz CT molecular complexity index is 263. The molecule has 0 aromatic rings. The summed E-state index contributed by atoms with van der Waals surface area (Å²) in [7, 11) is 1.53. The third-order valence-electron chi connectivity index (χ3n) is 1.12. The van der Waals surface area contributed by atoms with Crippen LogP contribution in [0, 0.1) is 16.7 Å². The molecule has 5 heteroatoms. The Labute approximate surface area is 71.4 Å². The Hall–Kier alpha value is -0.270. The summed E-state index contributed by atoms with van der Waals surface area (Å²) in [5.74, 6) is -0.158. The lowest BCUT2D eigenvalue weighted by Gasteiger charge is -2.17. The van der Waals surface area contributed by atoms with Crippen molar-refractivity contribution in [3.63, 3.8) is 0 Å². The minimum atomic E-state index is -3.48. The van der Waals surface area contributed by atoms with E-state index in [1.807, 2.05) is 6.07 Å². The molecule has 0 N–H and O–H groups in total. The van der Waals surface area contributed by atoms with E-state index in [0.717, 1.165) is 0 Å². The summed E-state index contributed by atoms with van der Waals surface area (Å²) in [6.45, 7) is 3.38. The van der Waals surface area contributed by atoms with Gasteiger partial charge in [0.05, 0.1) is 11.8 Å². The molecule has 0 aliphatic carbocycles. The van der Waals surface area contributed by atoms with Crippen molar-refractivity contribution in [2.24, 2.45) is 5.41 Å². The summed E-state index contributed by atoms with van der Waals surface area (Å²) in [4.78, 5) is 0. The molecular weight excluding hydrogens is 186 g/mol. The molecule has 11 heavy (non-hydrogen) atoms. The number of halogens is 1. The van der Waals surface area contributed by atoms with Crippen LogP contribution in [0.15, 0.2) is 0 Å². The lowest BCUT2D eigenvalue weighted by Crippen LogP contribution is -2.20. The molecule has 0 spiro atoms. The summed E-state index contributed by atoms with van der Waals surface area (Å²) in [6, 6.07) is 1.91. The minimum Gasteiger partial charge on any atom is -0.212 e. The molecule has 0 bridgehead atoms. The van der Waals surface area contributed by atoms with Crippen LogP contribution in [0.1, 0.15) is 20.3 Å². The van der Waals surface area contributed by atoms with Gasteiger partial charge in [-0.05, 0) is 5.41 Å². The number of rotatable bonds is 3. The third kappa shape index (κ3) is 6.14. The molecule has 0 saturated heterocycles. The molecule has 3 nitrogen and oxygen atoms in total. The van der Waals surface area contributed by atoms with E-state index in [4.69, 9.17) is 15.9 Å². The zero-order valence-electron chi connectivity index (χ0n) is 6.46. The first kappa shape index (κ1) is 10.7. The lowest BCUT2D eigenvalue weighted by atomic mass is 9.93. The van der Waals surface area contributed by atoms with Gasteiger partial charge in [0.1, 0.15) is 0 Å². The van der Waals surface area contributed by atoms with Gasteiger partial charge < -0.3 is 0 Å². The Balaban J connectivity index is 4.27. The summed E-state index contributed by atoms with van der Waals surface area (Å²) in [6.07, 6.45) is 0.193.